The van der Waals surface area contributed by atoms with Crippen molar-refractivity contribution in [3.8, 4) is 0 Å². The summed E-state index contributed by atoms with van der Waals surface area (Å²) in [5.41, 5.74) is -1.53. The van der Waals surface area contributed by atoms with Crippen molar-refractivity contribution < 1.29 is 23.8 Å². The molecule has 0 rings (SSSR count). The predicted octanol–water partition coefficient (Wildman–Crippen LogP) is 0.540. The van der Waals surface area contributed by atoms with Crippen LogP contribution in [0.2, 0.25) is 0 Å². The lowest BCUT2D eigenvalue weighted by Gasteiger charge is -2.29. The minimum absolute atomic E-state index is 0.721. The summed E-state index contributed by atoms with van der Waals surface area (Å²) >= 11 is 0. The molecule has 0 aromatic rings. The van der Waals surface area contributed by atoms with E-state index in [0.29, 0.717) is 0 Å². The highest BCUT2D eigenvalue weighted by atomic mass is 16.6. The second-order valence-electron chi connectivity index (χ2n) is 3.08. The van der Waals surface area contributed by atoms with Gasteiger partial charge < -0.3 is 14.2 Å². The quantitative estimate of drug-likeness (QED) is 0.381. The first-order valence-corrected chi connectivity index (χ1v) is 4.31. The lowest BCUT2D eigenvalue weighted by molar-refractivity contribution is -0.175. The normalized spacial score (nSPS) is 12.8. The monoisotopic (exact) mass is 216 g/mol. The van der Waals surface area contributed by atoms with Crippen LogP contribution in [0.15, 0.2) is 12.7 Å². The van der Waals surface area contributed by atoms with Crippen LogP contribution in [-0.4, -0.2) is 39.4 Å². The predicted molar refractivity (Wildman–Crippen MR) is 53.1 cm³/mol. The summed E-state index contributed by atoms with van der Waals surface area (Å²) in [5.74, 6) is -1.44. The van der Waals surface area contributed by atoms with Crippen molar-refractivity contribution in [2.45, 2.75) is 13.0 Å². The highest BCUT2D eigenvalue weighted by Crippen LogP contribution is 2.28. The van der Waals surface area contributed by atoms with Crippen LogP contribution in [0.4, 0.5) is 0 Å². The molecule has 0 radical (unpaired) electrons. The van der Waals surface area contributed by atoms with Crippen molar-refractivity contribution in [3.05, 3.63) is 12.7 Å². The molecule has 1 unspecified atom stereocenters. The summed E-state index contributed by atoms with van der Waals surface area (Å²) in [7, 11) is 3.76. The van der Waals surface area contributed by atoms with Gasteiger partial charge in [-0.2, -0.15) is 0 Å². The molecule has 0 spiro atoms. The van der Waals surface area contributed by atoms with Gasteiger partial charge in [-0.05, 0) is 6.92 Å². The maximum atomic E-state index is 11.5. The SMILES string of the molecule is C=CC(OC)C(C)(C(=O)OC)C(=O)OC. The number of carbonyl (C=O) groups excluding carboxylic acids is 2. The third kappa shape index (κ3) is 2.36. The van der Waals surface area contributed by atoms with Gasteiger partial charge in [0.1, 0.15) is 6.10 Å². The molecule has 0 aliphatic carbocycles. The van der Waals surface area contributed by atoms with Crippen molar-refractivity contribution in [1.82, 2.24) is 0 Å². The van der Waals surface area contributed by atoms with Crippen LogP contribution in [-0.2, 0) is 23.8 Å². The van der Waals surface area contributed by atoms with Crippen molar-refractivity contribution >= 4 is 11.9 Å². The molecule has 0 saturated carbocycles. The van der Waals surface area contributed by atoms with E-state index in [1.165, 1.54) is 34.3 Å². The van der Waals surface area contributed by atoms with Crippen LogP contribution in [0.5, 0.6) is 0 Å². The fourth-order valence-electron chi connectivity index (χ4n) is 1.31. The smallest absolute Gasteiger partial charge is 0.325 e. The summed E-state index contributed by atoms with van der Waals surface area (Å²) in [5, 5.41) is 0. The highest BCUT2D eigenvalue weighted by molar-refractivity contribution is 6.00. The van der Waals surface area contributed by atoms with Gasteiger partial charge in [-0.3, -0.25) is 9.59 Å². The Kier molecular flexibility index (Phi) is 5.00. The van der Waals surface area contributed by atoms with E-state index in [0.717, 1.165) is 0 Å². The van der Waals surface area contributed by atoms with Crippen LogP contribution < -0.4 is 0 Å². The Morgan fingerprint density at radius 2 is 1.60 bits per heavy atom. The zero-order chi connectivity index (χ0) is 12.1. The van der Waals surface area contributed by atoms with E-state index in [-0.39, 0.29) is 0 Å². The molecule has 0 N–H and O–H groups in total. The first-order valence-electron chi connectivity index (χ1n) is 4.31. The van der Waals surface area contributed by atoms with Crippen molar-refractivity contribution in [2.75, 3.05) is 21.3 Å². The van der Waals surface area contributed by atoms with Crippen molar-refractivity contribution in [3.63, 3.8) is 0 Å². The number of ether oxygens (including phenoxy) is 3. The van der Waals surface area contributed by atoms with E-state index < -0.39 is 23.5 Å². The topological polar surface area (TPSA) is 61.8 Å². The summed E-state index contributed by atoms with van der Waals surface area (Å²) in [6.07, 6.45) is 0.561. The van der Waals surface area contributed by atoms with E-state index in [1.54, 1.807) is 0 Å². The Balaban J connectivity index is 5.26. The molecule has 0 bridgehead atoms. The summed E-state index contributed by atoms with van der Waals surface area (Å²) in [6, 6.07) is 0. The first-order chi connectivity index (χ1) is 6.98. The Labute approximate surface area is 89.0 Å². The Morgan fingerprint density at radius 1 is 1.20 bits per heavy atom. The van der Waals surface area contributed by atoms with Crippen LogP contribution >= 0.6 is 0 Å². The van der Waals surface area contributed by atoms with Gasteiger partial charge in [0.15, 0.2) is 5.41 Å². The number of esters is 2. The van der Waals surface area contributed by atoms with Crippen molar-refractivity contribution in [2.24, 2.45) is 5.41 Å². The molecular formula is C10H16O5. The number of methoxy groups -OCH3 is 3. The Morgan fingerprint density at radius 3 is 1.80 bits per heavy atom. The van der Waals surface area contributed by atoms with Gasteiger partial charge in [-0.15, -0.1) is 6.58 Å². The van der Waals surface area contributed by atoms with Crippen LogP contribution in [0.3, 0.4) is 0 Å². The molecule has 0 aliphatic rings. The minimum Gasteiger partial charge on any atom is -0.468 e. The maximum Gasteiger partial charge on any atom is 0.325 e. The van der Waals surface area contributed by atoms with Gasteiger partial charge in [0, 0.05) is 7.11 Å². The highest BCUT2D eigenvalue weighted by Gasteiger charge is 2.50. The standard InChI is InChI=1S/C10H16O5/c1-6-7(13-3)10(2,8(11)14-4)9(12)15-5/h6-7H,1H2,2-5H3. The fraction of sp³-hybridized carbons (Fsp3) is 0.600. The minimum atomic E-state index is -1.53. The molecule has 0 saturated heterocycles. The zero-order valence-electron chi connectivity index (χ0n) is 9.40. The zero-order valence-corrected chi connectivity index (χ0v) is 9.40. The first kappa shape index (κ1) is 13.6. The molecule has 15 heavy (non-hydrogen) atoms. The van der Waals surface area contributed by atoms with Gasteiger partial charge in [0.2, 0.25) is 0 Å². The largest absolute Gasteiger partial charge is 0.468 e. The van der Waals surface area contributed by atoms with Gasteiger partial charge in [0.05, 0.1) is 14.2 Å². The molecule has 86 valence electrons. The fourth-order valence-corrected chi connectivity index (χ4v) is 1.31. The molecule has 0 aromatic heterocycles. The van der Waals surface area contributed by atoms with Gasteiger partial charge in [-0.25, -0.2) is 0 Å². The maximum absolute atomic E-state index is 11.5. The van der Waals surface area contributed by atoms with E-state index in [1.807, 2.05) is 0 Å². The van der Waals surface area contributed by atoms with Gasteiger partial charge >= 0.3 is 11.9 Å². The third-order valence-electron chi connectivity index (χ3n) is 2.26. The average molecular weight is 216 g/mol. The van der Waals surface area contributed by atoms with Gasteiger partial charge in [-0.1, -0.05) is 6.08 Å². The van der Waals surface area contributed by atoms with Crippen LogP contribution in [0.25, 0.3) is 0 Å². The number of hydrogen-bond acceptors (Lipinski definition) is 5. The number of hydrogen-bond donors (Lipinski definition) is 0. The molecular weight excluding hydrogens is 200 g/mol. The van der Waals surface area contributed by atoms with Gasteiger partial charge in [0.25, 0.3) is 0 Å². The Bertz CT molecular complexity index is 243. The average Bonchev–Trinajstić information content (AvgIpc) is 2.27. The number of carbonyl (C=O) groups is 2. The molecule has 0 aliphatic heterocycles. The molecule has 5 nitrogen and oxygen atoms in total. The summed E-state index contributed by atoms with van der Waals surface area (Å²) in [6.45, 7) is 4.88. The number of rotatable bonds is 5. The summed E-state index contributed by atoms with van der Waals surface area (Å²) in [4.78, 5) is 23.1. The third-order valence-corrected chi connectivity index (χ3v) is 2.26. The van der Waals surface area contributed by atoms with Crippen molar-refractivity contribution in [1.29, 1.82) is 0 Å². The lowest BCUT2D eigenvalue weighted by atomic mass is 9.84. The van der Waals surface area contributed by atoms with E-state index in [9.17, 15) is 9.59 Å². The lowest BCUT2D eigenvalue weighted by Crippen LogP contribution is -2.47. The molecule has 5 heteroatoms. The second-order valence-corrected chi connectivity index (χ2v) is 3.08. The second kappa shape index (κ2) is 5.50. The molecule has 0 amide bonds. The Hall–Kier alpha value is -1.36. The van der Waals surface area contributed by atoms with E-state index in [4.69, 9.17) is 4.74 Å². The van der Waals surface area contributed by atoms with Crippen LogP contribution in [0.1, 0.15) is 6.92 Å². The summed E-state index contributed by atoms with van der Waals surface area (Å²) < 4.78 is 14.1. The van der Waals surface area contributed by atoms with Crippen LogP contribution in [0, 0.1) is 5.41 Å². The van der Waals surface area contributed by atoms with E-state index in [2.05, 4.69) is 16.1 Å². The molecule has 0 fully saturated rings. The molecule has 0 heterocycles. The molecule has 0 aromatic carbocycles. The van der Waals surface area contributed by atoms with E-state index >= 15 is 0 Å². The molecule has 1 atom stereocenters.